The van der Waals surface area contributed by atoms with Crippen LogP contribution in [0.15, 0.2) is 34.5 Å². The van der Waals surface area contributed by atoms with E-state index in [4.69, 9.17) is 11.6 Å². The largest absolute Gasteiger partial charge is 0.312 e. The molecule has 8 heteroatoms. The molecule has 0 bridgehead atoms. The highest BCUT2D eigenvalue weighted by Gasteiger charge is 2.19. The zero-order valence-corrected chi connectivity index (χ0v) is 13.6. The summed E-state index contributed by atoms with van der Waals surface area (Å²) in [4.78, 5) is 0.892. The summed E-state index contributed by atoms with van der Waals surface area (Å²) in [5, 5.41) is 2.98. The first kappa shape index (κ1) is 16.2. The van der Waals surface area contributed by atoms with Gasteiger partial charge in [0.05, 0.1) is 10.7 Å². The van der Waals surface area contributed by atoms with Crippen LogP contribution < -0.4 is 10.0 Å². The van der Waals surface area contributed by atoms with E-state index in [9.17, 15) is 12.8 Å². The normalized spacial score (nSPS) is 11.6. The zero-order valence-electron chi connectivity index (χ0n) is 11.2. The van der Waals surface area contributed by atoms with Gasteiger partial charge in [0.2, 0.25) is 0 Å². The molecule has 114 valence electrons. The summed E-state index contributed by atoms with van der Waals surface area (Å²) in [5.41, 5.74) is -0.163. The maximum absolute atomic E-state index is 13.8. The second-order valence-electron chi connectivity index (χ2n) is 4.21. The molecule has 4 nitrogen and oxygen atoms in total. The highest BCUT2D eigenvalue weighted by Crippen LogP contribution is 2.27. The van der Waals surface area contributed by atoms with Gasteiger partial charge in [0, 0.05) is 11.4 Å². The van der Waals surface area contributed by atoms with E-state index in [1.807, 2.05) is 6.92 Å². The average molecular weight is 349 g/mol. The minimum Gasteiger partial charge on any atom is -0.312 e. The number of nitrogens with one attached hydrogen (secondary N) is 2. The molecule has 2 N–H and O–H groups in total. The van der Waals surface area contributed by atoms with Crippen LogP contribution in [-0.4, -0.2) is 15.0 Å². The van der Waals surface area contributed by atoms with Crippen LogP contribution in [0.5, 0.6) is 0 Å². The van der Waals surface area contributed by atoms with E-state index in [1.54, 1.807) is 6.07 Å². The van der Waals surface area contributed by atoms with Crippen molar-refractivity contribution in [2.45, 2.75) is 17.7 Å². The summed E-state index contributed by atoms with van der Waals surface area (Å²) < 4.78 is 40.5. The van der Waals surface area contributed by atoms with Gasteiger partial charge in [-0.1, -0.05) is 24.6 Å². The second-order valence-corrected chi connectivity index (χ2v) is 7.69. The predicted molar refractivity (Wildman–Crippen MR) is 83.9 cm³/mol. The van der Waals surface area contributed by atoms with Crippen molar-refractivity contribution in [3.05, 3.63) is 46.0 Å². The Hall–Kier alpha value is -1.15. The van der Waals surface area contributed by atoms with Crippen molar-refractivity contribution in [3.8, 4) is 0 Å². The van der Waals surface area contributed by atoms with Gasteiger partial charge in [0.15, 0.2) is 5.82 Å². The van der Waals surface area contributed by atoms with Gasteiger partial charge in [-0.15, -0.1) is 11.3 Å². The van der Waals surface area contributed by atoms with Crippen molar-refractivity contribution in [2.75, 3.05) is 11.3 Å². The molecule has 0 saturated heterocycles. The van der Waals surface area contributed by atoms with Gasteiger partial charge in [-0.3, -0.25) is 4.72 Å². The lowest BCUT2D eigenvalue weighted by Crippen LogP contribution is -2.13. The van der Waals surface area contributed by atoms with Gasteiger partial charge < -0.3 is 5.32 Å². The topological polar surface area (TPSA) is 58.2 Å². The molecule has 0 aliphatic carbocycles. The zero-order chi connectivity index (χ0) is 15.5. The third-order valence-electron chi connectivity index (χ3n) is 2.65. The van der Waals surface area contributed by atoms with Crippen molar-refractivity contribution in [1.29, 1.82) is 0 Å². The lowest BCUT2D eigenvalue weighted by molar-refractivity contribution is 0.600. The number of hydrogen-bond acceptors (Lipinski definition) is 4. The molecular weight excluding hydrogens is 335 g/mol. The highest BCUT2D eigenvalue weighted by molar-refractivity contribution is 7.94. The van der Waals surface area contributed by atoms with Crippen molar-refractivity contribution in [2.24, 2.45) is 0 Å². The number of rotatable bonds is 6. The molecule has 21 heavy (non-hydrogen) atoms. The molecule has 1 heterocycles. The third-order valence-corrected chi connectivity index (χ3v) is 5.88. The van der Waals surface area contributed by atoms with Crippen LogP contribution >= 0.6 is 22.9 Å². The van der Waals surface area contributed by atoms with Crippen molar-refractivity contribution in [3.63, 3.8) is 0 Å². The Labute approximate surface area is 132 Å². The van der Waals surface area contributed by atoms with Gasteiger partial charge >= 0.3 is 0 Å². The molecule has 0 aliphatic heterocycles. The number of benzene rings is 1. The Kier molecular flexibility index (Phi) is 5.21. The quantitative estimate of drug-likeness (QED) is 0.840. The van der Waals surface area contributed by atoms with Gasteiger partial charge in [0.25, 0.3) is 10.0 Å². The molecule has 0 amide bonds. The molecule has 1 aromatic carbocycles. The van der Waals surface area contributed by atoms with E-state index in [-0.39, 0.29) is 14.9 Å². The maximum atomic E-state index is 13.8. The molecule has 0 radical (unpaired) electrons. The summed E-state index contributed by atoms with van der Waals surface area (Å²) in [6, 6.07) is 7.40. The number of halogens is 2. The molecule has 2 rings (SSSR count). The van der Waals surface area contributed by atoms with Crippen LogP contribution in [0.2, 0.25) is 5.02 Å². The first-order chi connectivity index (χ1) is 9.94. The van der Waals surface area contributed by atoms with Crippen molar-refractivity contribution < 1.29 is 12.8 Å². The lowest BCUT2D eigenvalue weighted by Gasteiger charge is -2.07. The summed E-state index contributed by atoms with van der Waals surface area (Å²) >= 11 is 6.78. The molecule has 0 spiro atoms. The molecule has 0 unspecified atom stereocenters. The van der Waals surface area contributed by atoms with Gasteiger partial charge in [-0.25, -0.2) is 12.8 Å². The van der Waals surface area contributed by atoms with Gasteiger partial charge in [-0.2, -0.15) is 0 Å². The summed E-state index contributed by atoms with van der Waals surface area (Å²) in [7, 11) is -3.81. The Morgan fingerprint density at radius 1 is 1.29 bits per heavy atom. The number of hydrogen-bond donors (Lipinski definition) is 2. The van der Waals surface area contributed by atoms with E-state index in [2.05, 4.69) is 10.0 Å². The third kappa shape index (κ3) is 3.94. The van der Waals surface area contributed by atoms with E-state index >= 15 is 0 Å². The molecule has 2 aromatic rings. The Balaban J connectivity index is 2.22. The first-order valence-corrected chi connectivity index (χ1v) is 8.88. The fourth-order valence-electron chi connectivity index (χ4n) is 1.62. The fourth-order valence-corrected chi connectivity index (χ4v) is 4.18. The van der Waals surface area contributed by atoms with Crippen molar-refractivity contribution >= 4 is 38.6 Å². The standard InChI is InChI=1S/C13H14ClFN2O2S2/c1-2-16-8-9-6-7-12(20-9)21(18,19)17-11-5-3-4-10(14)13(11)15/h3-7,16-17H,2,8H2,1H3. The van der Waals surface area contributed by atoms with Crippen LogP contribution in [0.25, 0.3) is 0 Å². The average Bonchev–Trinajstić information content (AvgIpc) is 2.91. The minimum atomic E-state index is -3.81. The molecule has 0 atom stereocenters. The smallest absolute Gasteiger partial charge is 0.271 e. The van der Waals surface area contributed by atoms with Crippen molar-refractivity contribution in [1.82, 2.24) is 5.32 Å². The molecule has 0 fully saturated rings. The molecule has 1 aromatic heterocycles. The number of thiophene rings is 1. The Bertz CT molecular complexity index is 732. The maximum Gasteiger partial charge on any atom is 0.271 e. The second kappa shape index (κ2) is 6.74. The van der Waals surface area contributed by atoms with Crippen LogP contribution in [0.1, 0.15) is 11.8 Å². The summed E-state index contributed by atoms with van der Waals surface area (Å²) in [6.45, 7) is 3.36. The Morgan fingerprint density at radius 2 is 2.05 bits per heavy atom. The van der Waals surface area contributed by atoms with E-state index in [0.29, 0.717) is 6.54 Å². The van der Waals surface area contributed by atoms with E-state index in [1.165, 1.54) is 24.3 Å². The van der Waals surface area contributed by atoms with Gasteiger partial charge in [-0.05, 0) is 30.8 Å². The van der Waals surface area contributed by atoms with Crippen LogP contribution in [-0.2, 0) is 16.6 Å². The number of anilines is 1. The van der Waals surface area contributed by atoms with Crippen LogP contribution in [0.4, 0.5) is 10.1 Å². The minimum absolute atomic E-state index is 0.130. The summed E-state index contributed by atoms with van der Waals surface area (Å²) in [6.07, 6.45) is 0. The Morgan fingerprint density at radius 3 is 2.76 bits per heavy atom. The lowest BCUT2D eigenvalue weighted by atomic mass is 10.3. The highest BCUT2D eigenvalue weighted by atomic mass is 35.5. The molecule has 0 aliphatic rings. The monoisotopic (exact) mass is 348 g/mol. The van der Waals surface area contributed by atoms with Gasteiger partial charge in [0.1, 0.15) is 4.21 Å². The van der Waals surface area contributed by atoms with Crippen LogP contribution in [0, 0.1) is 5.82 Å². The summed E-state index contributed by atoms with van der Waals surface area (Å²) in [5.74, 6) is -0.785. The fraction of sp³-hybridized carbons (Fsp3) is 0.231. The van der Waals surface area contributed by atoms with E-state index in [0.717, 1.165) is 22.8 Å². The predicted octanol–water partition coefficient (Wildman–Crippen LogP) is 3.45. The molecular formula is C13H14ClFN2O2S2. The number of sulfonamides is 1. The van der Waals surface area contributed by atoms with Crippen LogP contribution in [0.3, 0.4) is 0 Å². The van der Waals surface area contributed by atoms with E-state index < -0.39 is 15.8 Å². The molecule has 0 saturated carbocycles. The first-order valence-electron chi connectivity index (χ1n) is 6.20. The SMILES string of the molecule is CCNCc1ccc(S(=O)(=O)Nc2cccc(Cl)c2F)s1.